The van der Waals surface area contributed by atoms with E-state index in [1.54, 1.807) is 0 Å². The molecule has 0 aromatic heterocycles. The number of hydrogen-bond donors (Lipinski definition) is 4. The molecule has 0 amide bonds. The standard InChI is InChI=1S/C30H55N3O2/c1-28(2)26-12-13-30(35-28,20-29(26,32)14-15-34)25-10-9-23(16-21-6-4-3-5-7-21)24(18-25)17-22-8-11-27(31)33-19-22/h21-27,33-34H,3-20,31-32H2,1-2H3/t22?,23-,24-,25+,26-,27?,29+,30+/m1/s1. The van der Waals surface area contributed by atoms with Crippen molar-refractivity contribution in [3.8, 4) is 0 Å². The van der Waals surface area contributed by atoms with Gasteiger partial charge in [-0.2, -0.15) is 0 Å². The molecule has 6 rings (SSSR count). The number of ether oxygens (including phenoxy) is 1. The highest BCUT2D eigenvalue weighted by Gasteiger charge is 2.63. The fourth-order valence-corrected chi connectivity index (χ4v) is 9.89. The summed E-state index contributed by atoms with van der Waals surface area (Å²) in [5, 5.41) is 13.4. The van der Waals surface area contributed by atoms with Crippen LogP contribution >= 0.6 is 0 Å². The number of rotatable bonds is 7. The van der Waals surface area contributed by atoms with Crippen LogP contribution in [-0.4, -0.2) is 41.2 Å². The Bertz CT molecular complexity index is 702. The molecule has 0 aromatic rings. The van der Waals surface area contributed by atoms with E-state index in [2.05, 4.69) is 19.2 Å². The Kier molecular flexibility index (Phi) is 7.94. The van der Waals surface area contributed by atoms with Crippen molar-refractivity contribution in [1.29, 1.82) is 0 Å². The molecule has 6 fully saturated rings. The maximum atomic E-state index is 9.87. The van der Waals surface area contributed by atoms with E-state index >= 15 is 0 Å². The van der Waals surface area contributed by atoms with Gasteiger partial charge in [-0.25, -0.2) is 0 Å². The van der Waals surface area contributed by atoms with Crippen LogP contribution < -0.4 is 16.8 Å². The lowest BCUT2D eigenvalue weighted by molar-refractivity contribution is -0.288. The van der Waals surface area contributed by atoms with Crippen LogP contribution in [0.3, 0.4) is 0 Å². The van der Waals surface area contributed by atoms with E-state index in [4.69, 9.17) is 16.2 Å². The molecule has 3 saturated carbocycles. The van der Waals surface area contributed by atoms with Crippen molar-refractivity contribution in [1.82, 2.24) is 5.32 Å². The first-order valence-electron chi connectivity index (χ1n) is 15.3. The van der Waals surface area contributed by atoms with E-state index in [-0.39, 0.29) is 29.5 Å². The Labute approximate surface area is 214 Å². The summed E-state index contributed by atoms with van der Waals surface area (Å²) in [6.45, 7) is 5.82. The predicted molar refractivity (Wildman–Crippen MR) is 143 cm³/mol. The third-order valence-corrected chi connectivity index (χ3v) is 11.5. The summed E-state index contributed by atoms with van der Waals surface area (Å²) >= 11 is 0. The Morgan fingerprint density at radius 1 is 0.914 bits per heavy atom. The Morgan fingerprint density at radius 3 is 2.37 bits per heavy atom. The fraction of sp³-hybridized carbons (Fsp3) is 1.00. The zero-order valence-electron chi connectivity index (χ0n) is 22.8. The summed E-state index contributed by atoms with van der Waals surface area (Å²) in [6.07, 6.45) is 20.7. The molecule has 3 heterocycles. The molecule has 3 aliphatic heterocycles. The van der Waals surface area contributed by atoms with Gasteiger partial charge in [-0.05, 0) is 121 Å². The third-order valence-electron chi connectivity index (χ3n) is 11.5. The van der Waals surface area contributed by atoms with Crippen molar-refractivity contribution in [2.75, 3.05) is 13.2 Å². The predicted octanol–water partition coefficient (Wildman–Crippen LogP) is 5.09. The molecule has 2 bridgehead atoms. The number of aliphatic hydroxyl groups is 1. The van der Waals surface area contributed by atoms with Crippen LogP contribution in [0.5, 0.6) is 0 Å². The molecule has 202 valence electrons. The van der Waals surface area contributed by atoms with Gasteiger partial charge < -0.3 is 26.6 Å². The molecule has 6 N–H and O–H groups in total. The van der Waals surface area contributed by atoms with Crippen molar-refractivity contribution in [3.05, 3.63) is 0 Å². The topological polar surface area (TPSA) is 93.5 Å². The minimum atomic E-state index is -0.285. The lowest BCUT2D eigenvalue weighted by Crippen LogP contribution is -2.72. The highest BCUT2D eigenvalue weighted by molar-refractivity contribution is 5.15. The molecule has 3 aliphatic carbocycles. The van der Waals surface area contributed by atoms with Crippen molar-refractivity contribution in [2.45, 2.75) is 139 Å². The molecule has 0 radical (unpaired) electrons. The minimum absolute atomic E-state index is 0.0939. The van der Waals surface area contributed by atoms with Crippen LogP contribution in [0.2, 0.25) is 0 Å². The zero-order chi connectivity index (χ0) is 24.7. The molecule has 8 atom stereocenters. The average molecular weight is 490 g/mol. The van der Waals surface area contributed by atoms with Gasteiger partial charge in [0.15, 0.2) is 0 Å². The second-order valence-corrected chi connectivity index (χ2v) is 14.2. The third kappa shape index (κ3) is 5.50. The van der Waals surface area contributed by atoms with E-state index in [1.807, 2.05) is 0 Å². The Hall–Kier alpha value is -0.200. The molecule has 0 aromatic carbocycles. The molecule has 3 saturated heterocycles. The molecule has 5 nitrogen and oxygen atoms in total. The summed E-state index contributed by atoms with van der Waals surface area (Å²) in [5.41, 5.74) is 12.7. The molecular formula is C30H55N3O2. The molecule has 0 spiro atoms. The lowest BCUT2D eigenvalue weighted by atomic mass is 9.52. The number of hydrogen-bond acceptors (Lipinski definition) is 5. The fourth-order valence-electron chi connectivity index (χ4n) is 9.89. The van der Waals surface area contributed by atoms with Crippen molar-refractivity contribution in [2.24, 2.45) is 47.0 Å². The number of nitrogens with two attached hydrogens (primary N) is 2. The highest BCUT2D eigenvalue weighted by atomic mass is 16.5. The number of aliphatic hydroxyl groups excluding tert-OH is 1. The summed E-state index contributed by atoms with van der Waals surface area (Å²) in [6, 6.07) is 0. The Balaban J connectivity index is 1.33. The first-order chi connectivity index (χ1) is 16.7. The first-order valence-corrected chi connectivity index (χ1v) is 15.3. The number of nitrogens with one attached hydrogen (secondary N) is 1. The van der Waals surface area contributed by atoms with E-state index in [0.29, 0.717) is 18.3 Å². The van der Waals surface area contributed by atoms with Crippen molar-refractivity contribution < 1.29 is 9.84 Å². The van der Waals surface area contributed by atoms with Gasteiger partial charge in [0.2, 0.25) is 0 Å². The summed E-state index contributed by atoms with van der Waals surface area (Å²) in [4.78, 5) is 0. The maximum Gasteiger partial charge on any atom is 0.0735 e. The minimum Gasteiger partial charge on any atom is -0.396 e. The summed E-state index contributed by atoms with van der Waals surface area (Å²) in [5.74, 6) is 4.38. The molecule has 2 unspecified atom stereocenters. The van der Waals surface area contributed by atoms with E-state index in [0.717, 1.165) is 55.9 Å². The van der Waals surface area contributed by atoms with Gasteiger partial charge in [0.1, 0.15) is 0 Å². The number of fused-ring (bicyclic) bond motifs is 3. The lowest BCUT2D eigenvalue weighted by Gasteiger charge is -2.65. The van der Waals surface area contributed by atoms with Crippen LogP contribution in [0, 0.1) is 35.5 Å². The first kappa shape index (κ1) is 26.4. The van der Waals surface area contributed by atoms with E-state index in [1.165, 1.54) is 70.6 Å². The van der Waals surface area contributed by atoms with Gasteiger partial charge in [0.25, 0.3) is 0 Å². The van der Waals surface area contributed by atoms with Crippen LogP contribution in [0.1, 0.15) is 117 Å². The van der Waals surface area contributed by atoms with Gasteiger partial charge in [-0.15, -0.1) is 0 Å². The number of piperidine rings is 1. The monoisotopic (exact) mass is 489 g/mol. The van der Waals surface area contributed by atoms with Crippen LogP contribution in [0.4, 0.5) is 0 Å². The molecule has 5 heteroatoms. The SMILES string of the molecule is CC1(C)O[C@@]2([C@H]3CC[C@H](CC4CCCCC4)[C@H](CC4CCC(N)NC4)C3)CC[C@H]1[C@](N)(CCO)C2. The summed E-state index contributed by atoms with van der Waals surface area (Å²) in [7, 11) is 0. The average Bonchev–Trinajstić information content (AvgIpc) is 2.81. The molecule has 6 aliphatic rings. The molecule has 35 heavy (non-hydrogen) atoms. The van der Waals surface area contributed by atoms with Gasteiger partial charge in [-0.3, -0.25) is 0 Å². The van der Waals surface area contributed by atoms with Crippen LogP contribution in [0.25, 0.3) is 0 Å². The second kappa shape index (κ2) is 10.5. The van der Waals surface area contributed by atoms with Crippen LogP contribution in [0.15, 0.2) is 0 Å². The molecular weight excluding hydrogens is 434 g/mol. The van der Waals surface area contributed by atoms with Crippen molar-refractivity contribution in [3.63, 3.8) is 0 Å². The van der Waals surface area contributed by atoms with E-state index in [9.17, 15) is 5.11 Å². The van der Waals surface area contributed by atoms with Gasteiger partial charge in [0, 0.05) is 18.1 Å². The maximum absolute atomic E-state index is 9.87. The van der Waals surface area contributed by atoms with Gasteiger partial charge in [0.05, 0.1) is 17.4 Å². The van der Waals surface area contributed by atoms with Crippen molar-refractivity contribution >= 4 is 0 Å². The largest absolute Gasteiger partial charge is 0.396 e. The highest BCUT2D eigenvalue weighted by Crippen LogP contribution is 2.60. The van der Waals surface area contributed by atoms with E-state index < -0.39 is 0 Å². The quantitative estimate of drug-likeness (QED) is 0.400. The van der Waals surface area contributed by atoms with Gasteiger partial charge in [-0.1, -0.05) is 32.1 Å². The summed E-state index contributed by atoms with van der Waals surface area (Å²) < 4.78 is 7.09. The zero-order valence-corrected chi connectivity index (χ0v) is 22.8. The van der Waals surface area contributed by atoms with Crippen LogP contribution in [-0.2, 0) is 4.74 Å². The Morgan fingerprint density at radius 2 is 1.69 bits per heavy atom. The smallest absolute Gasteiger partial charge is 0.0735 e. The normalized spacial score (nSPS) is 46.5. The van der Waals surface area contributed by atoms with Gasteiger partial charge >= 0.3 is 0 Å². The second-order valence-electron chi connectivity index (χ2n) is 14.2.